The molecule has 188 valence electrons. The zero-order valence-corrected chi connectivity index (χ0v) is 21.4. The zero-order chi connectivity index (χ0) is 25.7. The number of hydrogen-bond donors (Lipinski definition) is 1. The highest BCUT2D eigenvalue weighted by Gasteiger charge is 2.30. The van der Waals surface area contributed by atoms with Crippen LogP contribution in [0.1, 0.15) is 49.8 Å². The van der Waals surface area contributed by atoms with E-state index in [9.17, 15) is 9.59 Å². The van der Waals surface area contributed by atoms with Crippen LogP contribution in [0.4, 0.5) is 5.69 Å². The molecule has 6 nitrogen and oxygen atoms in total. The summed E-state index contributed by atoms with van der Waals surface area (Å²) < 4.78 is 11.7. The Labute approximate surface area is 213 Å². The second-order valence-electron chi connectivity index (χ2n) is 9.14. The Kier molecular flexibility index (Phi) is 7.93. The van der Waals surface area contributed by atoms with Gasteiger partial charge in [0.25, 0.3) is 0 Å². The molecule has 0 aromatic heterocycles. The fourth-order valence-electron chi connectivity index (χ4n) is 4.94. The number of nitrogens with one attached hydrogen (secondary N) is 1. The molecule has 4 rings (SSSR count). The number of amides is 2. The number of anilines is 1. The Morgan fingerprint density at radius 1 is 1.00 bits per heavy atom. The fraction of sp³-hybridized carbons (Fsp3) is 0.333. The molecule has 1 heterocycles. The predicted molar refractivity (Wildman–Crippen MR) is 142 cm³/mol. The van der Waals surface area contributed by atoms with Gasteiger partial charge in [0, 0.05) is 25.2 Å². The number of para-hydroxylation sites is 1. The number of fused-ring (bicyclic) bond motifs is 1. The number of ether oxygens (including phenoxy) is 2. The van der Waals surface area contributed by atoms with Crippen LogP contribution >= 0.6 is 0 Å². The smallest absolute Gasteiger partial charge is 0.232 e. The maximum absolute atomic E-state index is 12.5. The summed E-state index contributed by atoms with van der Waals surface area (Å²) in [5.74, 6) is 1.85. The van der Waals surface area contributed by atoms with E-state index < -0.39 is 0 Å². The minimum Gasteiger partial charge on any atom is -0.493 e. The van der Waals surface area contributed by atoms with Crippen molar-refractivity contribution in [2.45, 2.75) is 52.0 Å². The molecule has 2 atom stereocenters. The summed E-state index contributed by atoms with van der Waals surface area (Å²) >= 11 is 0. The van der Waals surface area contributed by atoms with Crippen molar-refractivity contribution in [2.24, 2.45) is 0 Å². The van der Waals surface area contributed by atoms with Crippen molar-refractivity contribution in [2.75, 3.05) is 19.0 Å². The summed E-state index contributed by atoms with van der Waals surface area (Å²) in [6.45, 7) is 6.47. The summed E-state index contributed by atoms with van der Waals surface area (Å²) in [5.41, 5.74) is 4.07. The molecule has 3 aromatic carbocycles. The van der Waals surface area contributed by atoms with Crippen LogP contribution in [0.5, 0.6) is 17.2 Å². The summed E-state index contributed by atoms with van der Waals surface area (Å²) in [7, 11) is 1.62. The maximum Gasteiger partial charge on any atom is 0.232 e. The van der Waals surface area contributed by atoms with Crippen LogP contribution in [0.15, 0.2) is 66.7 Å². The Morgan fingerprint density at radius 2 is 1.72 bits per heavy atom. The standard InChI is InChI=1S/C30H34N2O4/c1-5-23(32(6-2)20(3)33)17-21-11-14-24(15-12-21)36-28-16-13-22(19-29(28)35-4)18-26-25-9-7-8-10-27(25)31-30(26)34/h7-16,19,23,26H,5-6,17-18H2,1-4H3,(H,31,34). The van der Waals surface area contributed by atoms with Gasteiger partial charge in [-0.2, -0.15) is 0 Å². The zero-order valence-electron chi connectivity index (χ0n) is 21.4. The minimum absolute atomic E-state index is 0.0197. The fourth-order valence-corrected chi connectivity index (χ4v) is 4.94. The summed E-state index contributed by atoms with van der Waals surface area (Å²) in [5, 5.41) is 2.96. The first-order chi connectivity index (χ1) is 17.4. The number of benzene rings is 3. The van der Waals surface area contributed by atoms with Crippen molar-refractivity contribution in [1.82, 2.24) is 4.90 Å². The van der Waals surface area contributed by atoms with Crippen LogP contribution in [0.25, 0.3) is 0 Å². The van der Waals surface area contributed by atoms with Crippen molar-refractivity contribution < 1.29 is 19.1 Å². The van der Waals surface area contributed by atoms with Crippen LogP contribution in [0, 0.1) is 0 Å². The van der Waals surface area contributed by atoms with E-state index in [1.807, 2.05) is 78.6 Å². The first kappa shape index (κ1) is 25.3. The quantitative estimate of drug-likeness (QED) is 0.384. The van der Waals surface area contributed by atoms with E-state index >= 15 is 0 Å². The number of nitrogens with zero attached hydrogens (tertiary/aromatic N) is 1. The third-order valence-electron chi connectivity index (χ3n) is 6.86. The average molecular weight is 487 g/mol. The molecule has 0 aliphatic carbocycles. The molecule has 0 spiro atoms. The molecular formula is C30H34N2O4. The minimum atomic E-state index is -0.219. The second-order valence-corrected chi connectivity index (χ2v) is 9.14. The molecule has 1 N–H and O–H groups in total. The Bertz CT molecular complexity index is 1220. The molecule has 0 saturated carbocycles. The monoisotopic (exact) mass is 486 g/mol. The molecule has 2 amide bonds. The maximum atomic E-state index is 12.5. The highest BCUT2D eigenvalue weighted by Crippen LogP contribution is 2.37. The van der Waals surface area contributed by atoms with E-state index in [2.05, 4.69) is 12.2 Å². The highest BCUT2D eigenvalue weighted by molar-refractivity contribution is 6.03. The normalized spacial score (nSPS) is 15.1. The van der Waals surface area contributed by atoms with E-state index in [-0.39, 0.29) is 23.8 Å². The van der Waals surface area contributed by atoms with Crippen molar-refractivity contribution in [3.8, 4) is 17.2 Å². The van der Waals surface area contributed by atoms with Crippen molar-refractivity contribution in [3.05, 3.63) is 83.4 Å². The summed E-state index contributed by atoms with van der Waals surface area (Å²) in [6, 6.07) is 21.8. The van der Waals surface area contributed by atoms with Crippen molar-refractivity contribution >= 4 is 17.5 Å². The van der Waals surface area contributed by atoms with Gasteiger partial charge in [-0.15, -0.1) is 0 Å². The molecule has 2 unspecified atom stereocenters. The number of hydrogen-bond acceptors (Lipinski definition) is 4. The van der Waals surface area contributed by atoms with Gasteiger partial charge < -0.3 is 19.7 Å². The number of rotatable bonds is 10. The van der Waals surface area contributed by atoms with Gasteiger partial charge in [-0.05, 0) is 73.2 Å². The SMILES string of the molecule is CCC(Cc1ccc(Oc2ccc(CC3C(=O)Nc4ccccc43)cc2OC)cc1)N(CC)C(C)=O. The molecule has 36 heavy (non-hydrogen) atoms. The number of carbonyl (C=O) groups is 2. The van der Waals surface area contributed by atoms with Crippen molar-refractivity contribution in [1.29, 1.82) is 0 Å². The van der Waals surface area contributed by atoms with Gasteiger partial charge in [0.15, 0.2) is 11.5 Å². The summed E-state index contributed by atoms with van der Waals surface area (Å²) in [4.78, 5) is 26.4. The van der Waals surface area contributed by atoms with Gasteiger partial charge in [0.05, 0.1) is 13.0 Å². The molecule has 0 saturated heterocycles. The molecule has 0 fully saturated rings. The first-order valence-electron chi connectivity index (χ1n) is 12.5. The van der Waals surface area contributed by atoms with E-state index in [1.165, 1.54) is 0 Å². The molecular weight excluding hydrogens is 452 g/mol. The second kappa shape index (κ2) is 11.3. The lowest BCUT2D eigenvalue weighted by Gasteiger charge is -2.29. The third kappa shape index (κ3) is 5.54. The Morgan fingerprint density at radius 3 is 2.39 bits per heavy atom. The number of carbonyl (C=O) groups excluding carboxylic acids is 2. The summed E-state index contributed by atoms with van der Waals surface area (Å²) in [6.07, 6.45) is 2.30. The topological polar surface area (TPSA) is 67.9 Å². The van der Waals surface area contributed by atoms with Gasteiger partial charge in [-0.3, -0.25) is 9.59 Å². The van der Waals surface area contributed by atoms with Gasteiger partial charge in [0.1, 0.15) is 5.75 Å². The average Bonchev–Trinajstić information content (AvgIpc) is 3.20. The Hall–Kier alpha value is -3.80. The van der Waals surface area contributed by atoms with Crippen LogP contribution in [-0.2, 0) is 22.4 Å². The predicted octanol–water partition coefficient (Wildman–Crippen LogP) is 5.96. The van der Waals surface area contributed by atoms with Gasteiger partial charge in [0.2, 0.25) is 11.8 Å². The van der Waals surface area contributed by atoms with Crippen LogP contribution in [0.3, 0.4) is 0 Å². The van der Waals surface area contributed by atoms with Crippen LogP contribution < -0.4 is 14.8 Å². The van der Waals surface area contributed by atoms with Crippen molar-refractivity contribution in [3.63, 3.8) is 0 Å². The third-order valence-corrected chi connectivity index (χ3v) is 6.86. The largest absolute Gasteiger partial charge is 0.493 e. The van der Waals surface area contributed by atoms with E-state index in [1.54, 1.807) is 14.0 Å². The van der Waals surface area contributed by atoms with Gasteiger partial charge in [-0.1, -0.05) is 43.3 Å². The van der Waals surface area contributed by atoms with E-state index in [4.69, 9.17) is 9.47 Å². The lowest BCUT2D eigenvalue weighted by molar-refractivity contribution is -0.131. The molecule has 1 aliphatic rings. The molecule has 0 radical (unpaired) electrons. The molecule has 0 bridgehead atoms. The lowest BCUT2D eigenvalue weighted by atomic mass is 9.93. The Balaban J connectivity index is 1.44. The number of methoxy groups -OCH3 is 1. The number of likely N-dealkylation sites (N-methyl/N-ethyl adjacent to an activating group) is 1. The van der Waals surface area contributed by atoms with Gasteiger partial charge in [-0.25, -0.2) is 0 Å². The molecule has 1 aliphatic heterocycles. The van der Waals surface area contributed by atoms with Crippen LogP contribution in [0.2, 0.25) is 0 Å². The molecule has 3 aromatic rings. The van der Waals surface area contributed by atoms with Crippen LogP contribution in [-0.4, -0.2) is 36.4 Å². The highest BCUT2D eigenvalue weighted by atomic mass is 16.5. The van der Waals surface area contributed by atoms with E-state index in [0.717, 1.165) is 35.2 Å². The van der Waals surface area contributed by atoms with Gasteiger partial charge >= 0.3 is 0 Å². The lowest BCUT2D eigenvalue weighted by Crippen LogP contribution is -2.39. The first-order valence-corrected chi connectivity index (χ1v) is 12.5. The van der Waals surface area contributed by atoms with E-state index in [0.29, 0.717) is 30.2 Å². The molecule has 6 heteroatoms.